The number of amides is 2. The number of aromatic nitrogens is 4. The Bertz CT molecular complexity index is 1830. The second kappa shape index (κ2) is 12.5. The SMILES string of the molecule is COc1cc(C(=O)N2CCC[C@@H](N)C2)cc2nc(-c3cc4ccc5nc4n3CCCCCC[C@](C)(C(F)(F)F)C(=O)N[C@@H]5C)n(C)c12. The van der Waals surface area contributed by atoms with Crippen LogP contribution in [-0.2, 0) is 18.4 Å². The highest BCUT2D eigenvalue weighted by molar-refractivity contribution is 6.00. The Morgan fingerprint density at radius 3 is 2.57 bits per heavy atom. The number of hydrogen-bond acceptors (Lipinski definition) is 6. The van der Waals surface area contributed by atoms with Crippen molar-refractivity contribution in [1.29, 1.82) is 0 Å². The number of hydrogen-bond donors (Lipinski definition) is 2. The van der Waals surface area contributed by atoms with Gasteiger partial charge in [-0.2, -0.15) is 13.2 Å². The molecule has 0 spiro atoms. The summed E-state index contributed by atoms with van der Waals surface area (Å²) in [5.41, 5.74) is 7.45. The molecule has 3 N–H and O–H groups in total. The third-order valence-corrected chi connectivity index (χ3v) is 9.87. The van der Waals surface area contributed by atoms with Gasteiger partial charge in [-0.1, -0.05) is 19.3 Å². The minimum absolute atomic E-state index is 0.0435. The van der Waals surface area contributed by atoms with E-state index in [1.54, 1.807) is 37.1 Å². The molecule has 5 heterocycles. The van der Waals surface area contributed by atoms with Gasteiger partial charge in [-0.05, 0) is 69.9 Å². The summed E-state index contributed by atoms with van der Waals surface area (Å²) in [4.78, 5) is 38.2. The number of pyridine rings is 1. The van der Waals surface area contributed by atoms with E-state index in [9.17, 15) is 22.8 Å². The molecule has 1 fully saturated rings. The number of piperidine rings is 1. The third kappa shape index (κ3) is 5.94. The van der Waals surface area contributed by atoms with Gasteiger partial charge >= 0.3 is 6.18 Å². The van der Waals surface area contributed by atoms with E-state index in [1.807, 2.05) is 23.7 Å². The van der Waals surface area contributed by atoms with Crippen LogP contribution in [0.3, 0.4) is 0 Å². The van der Waals surface area contributed by atoms with Crippen LogP contribution in [0, 0.1) is 5.41 Å². The smallest absolute Gasteiger partial charge is 0.402 e. The first-order chi connectivity index (χ1) is 22.3. The molecule has 1 aromatic carbocycles. The maximum atomic E-state index is 14.1. The Hall–Kier alpha value is -4.13. The Morgan fingerprint density at radius 2 is 1.85 bits per heavy atom. The molecule has 2 bridgehead atoms. The van der Waals surface area contributed by atoms with Crippen molar-refractivity contribution in [2.75, 3.05) is 20.2 Å². The summed E-state index contributed by atoms with van der Waals surface area (Å²) in [5.74, 6) is 0.0395. The molecule has 3 atom stereocenters. The van der Waals surface area contributed by atoms with E-state index in [2.05, 4.69) is 9.88 Å². The first-order valence-corrected chi connectivity index (χ1v) is 16.3. The Morgan fingerprint density at radius 1 is 1.09 bits per heavy atom. The second-order valence-corrected chi connectivity index (χ2v) is 13.2. The van der Waals surface area contributed by atoms with Crippen molar-refractivity contribution in [3.8, 4) is 17.3 Å². The number of methoxy groups -OCH3 is 1. The zero-order valence-corrected chi connectivity index (χ0v) is 27.3. The number of aryl methyl sites for hydroxylation is 2. The van der Waals surface area contributed by atoms with Gasteiger partial charge < -0.3 is 29.8 Å². The largest absolute Gasteiger partial charge is 0.494 e. The minimum atomic E-state index is -4.67. The summed E-state index contributed by atoms with van der Waals surface area (Å²) in [7, 11) is 3.47. The van der Waals surface area contributed by atoms with Gasteiger partial charge in [0.05, 0.1) is 30.1 Å². The average Bonchev–Trinajstić information content (AvgIpc) is 3.57. The molecule has 4 aromatic rings. The number of alkyl halides is 3. The fourth-order valence-electron chi connectivity index (χ4n) is 6.91. The molecular formula is C34H42F3N7O3. The van der Waals surface area contributed by atoms with Crippen molar-refractivity contribution < 1.29 is 27.5 Å². The molecule has 0 radical (unpaired) electrons. The first kappa shape index (κ1) is 32.8. The fourth-order valence-corrected chi connectivity index (χ4v) is 6.91. The van der Waals surface area contributed by atoms with E-state index < -0.39 is 23.5 Å². The predicted octanol–water partition coefficient (Wildman–Crippen LogP) is 5.87. The Balaban J connectivity index is 1.42. The highest BCUT2D eigenvalue weighted by Crippen LogP contribution is 2.43. The molecule has 2 aliphatic rings. The molecule has 0 unspecified atom stereocenters. The molecule has 252 valence electrons. The molecule has 1 saturated heterocycles. The summed E-state index contributed by atoms with van der Waals surface area (Å²) in [5, 5.41) is 3.43. The van der Waals surface area contributed by atoms with Crippen molar-refractivity contribution in [2.24, 2.45) is 18.2 Å². The average molecular weight is 654 g/mol. The maximum Gasteiger partial charge on any atom is 0.402 e. The lowest BCUT2D eigenvalue weighted by molar-refractivity contribution is -0.219. The third-order valence-electron chi connectivity index (χ3n) is 9.87. The van der Waals surface area contributed by atoms with Gasteiger partial charge in [-0.25, -0.2) is 9.97 Å². The fraction of sp³-hybridized carbons (Fsp3) is 0.529. The standard InChI is InChI=1S/C34H42F3N7O3/c1-20-24-12-11-21-17-26(44(29(21)40-24)15-8-6-5-7-13-33(2,32(46)39-20)34(35,36)37)30-41-25-16-22(18-27(47-4)28(25)42(30)3)31(45)43-14-9-10-23(38)19-43/h11-12,16-18,20,23H,5-10,13-15,19,38H2,1-4H3,(H,39,46)/t20-,23-,33+/m1/s1. The van der Waals surface area contributed by atoms with Crippen LogP contribution in [0.1, 0.15) is 80.9 Å². The number of carbonyl (C=O) groups is 2. The summed E-state index contributed by atoms with van der Waals surface area (Å²) >= 11 is 0. The lowest BCUT2D eigenvalue weighted by Gasteiger charge is -2.32. The zero-order chi connectivity index (χ0) is 33.7. The number of rotatable bonds is 3. The van der Waals surface area contributed by atoms with Gasteiger partial charge in [0.2, 0.25) is 5.91 Å². The quantitative estimate of drug-likeness (QED) is 0.285. The highest BCUT2D eigenvalue weighted by Gasteiger charge is 2.56. The molecule has 13 heteroatoms. The van der Waals surface area contributed by atoms with Crippen molar-refractivity contribution in [2.45, 2.75) is 83.6 Å². The second-order valence-electron chi connectivity index (χ2n) is 13.2. The van der Waals surface area contributed by atoms with Crippen LogP contribution in [0.5, 0.6) is 5.75 Å². The number of benzene rings is 1. The topological polar surface area (TPSA) is 120 Å². The maximum absolute atomic E-state index is 14.1. The number of nitrogens with zero attached hydrogens (tertiary/aromatic N) is 5. The van der Waals surface area contributed by atoms with Crippen LogP contribution < -0.4 is 15.8 Å². The van der Waals surface area contributed by atoms with Crippen LogP contribution >= 0.6 is 0 Å². The van der Waals surface area contributed by atoms with Crippen molar-refractivity contribution in [3.63, 3.8) is 0 Å². The Kier molecular flexibility index (Phi) is 8.71. The zero-order valence-electron chi connectivity index (χ0n) is 27.3. The van der Waals surface area contributed by atoms with E-state index in [0.717, 1.165) is 36.4 Å². The molecular weight excluding hydrogens is 611 g/mol. The van der Waals surface area contributed by atoms with Crippen LogP contribution in [0.4, 0.5) is 13.2 Å². The number of nitrogens with one attached hydrogen (secondary N) is 1. The van der Waals surface area contributed by atoms with Crippen LogP contribution in [0.15, 0.2) is 30.3 Å². The van der Waals surface area contributed by atoms with Gasteiger partial charge in [0.25, 0.3) is 5.91 Å². The van der Waals surface area contributed by atoms with Gasteiger partial charge in [-0.3, -0.25) is 9.59 Å². The lowest BCUT2D eigenvalue weighted by Crippen LogP contribution is -2.49. The van der Waals surface area contributed by atoms with Crippen LogP contribution in [0.25, 0.3) is 33.6 Å². The van der Waals surface area contributed by atoms with E-state index in [-0.39, 0.29) is 24.8 Å². The van der Waals surface area contributed by atoms with E-state index in [4.69, 9.17) is 20.4 Å². The summed E-state index contributed by atoms with van der Waals surface area (Å²) < 4.78 is 52.1. The first-order valence-electron chi connectivity index (χ1n) is 16.3. The number of likely N-dealkylation sites (tertiary alicyclic amines) is 1. The molecule has 0 saturated carbocycles. The van der Waals surface area contributed by atoms with Crippen molar-refractivity contribution in [3.05, 3.63) is 41.6 Å². The number of carbonyl (C=O) groups excluding carboxylic acids is 2. The van der Waals surface area contributed by atoms with Crippen molar-refractivity contribution >= 4 is 33.9 Å². The van der Waals surface area contributed by atoms with E-state index in [0.29, 0.717) is 72.9 Å². The molecule has 2 amide bonds. The number of imidazole rings is 1. The summed E-state index contributed by atoms with van der Waals surface area (Å²) in [6.45, 7) is 4.37. The van der Waals surface area contributed by atoms with Gasteiger partial charge in [0, 0.05) is 43.7 Å². The molecule has 47 heavy (non-hydrogen) atoms. The number of ether oxygens (including phenoxy) is 1. The minimum Gasteiger partial charge on any atom is -0.494 e. The number of nitrogens with two attached hydrogens (primary N) is 1. The van der Waals surface area contributed by atoms with Gasteiger partial charge in [0.15, 0.2) is 5.82 Å². The summed E-state index contributed by atoms with van der Waals surface area (Å²) in [6.07, 6.45) is -0.960. The van der Waals surface area contributed by atoms with E-state index >= 15 is 0 Å². The Labute approximate surface area is 271 Å². The van der Waals surface area contributed by atoms with Crippen LogP contribution in [-0.4, -0.2) is 68.2 Å². The number of halogens is 3. The highest BCUT2D eigenvalue weighted by atomic mass is 19.4. The number of fused-ring (bicyclic) bond motifs is 2. The van der Waals surface area contributed by atoms with Crippen molar-refractivity contribution in [1.82, 2.24) is 29.3 Å². The lowest BCUT2D eigenvalue weighted by atomic mass is 9.82. The monoisotopic (exact) mass is 653 g/mol. The van der Waals surface area contributed by atoms with Gasteiger partial charge in [0.1, 0.15) is 22.3 Å². The summed E-state index contributed by atoms with van der Waals surface area (Å²) in [6, 6.07) is 8.38. The molecule has 2 aliphatic heterocycles. The predicted molar refractivity (Wildman–Crippen MR) is 173 cm³/mol. The van der Waals surface area contributed by atoms with Gasteiger partial charge in [-0.15, -0.1) is 0 Å². The molecule has 0 aliphatic carbocycles. The van der Waals surface area contributed by atoms with Crippen LogP contribution in [0.2, 0.25) is 0 Å². The van der Waals surface area contributed by atoms with E-state index in [1.165, 1.54) is 0 Å². The molecule has 10 nitrogen and oxygen atoms in total. The normalized spacial score (nSPS) is 23.2. The molecule has 3 aromatic heterocycles. The molecule has 6 rings (SSSR count).